The molecule has 7 rings (SSSR count). The zero-order valence-corrected chi connectivity index (χ0v) is 50.9. The molecule has 6 aromatic carbocycles. The maximum absolute atomic E-state index is 12.7. The minimum atomic E-state index is -2.41. The normalized spacial score (nSPS) is 14.7. The molecule has 1 heterocycles. The van der Waals surface area contributed by atoms with E-state index in [1.807, 2.05) is 185 Å². The van der Waals surface area contributed by atoms with E-state index in [0.717, 1.165) is 91.5 Å². The van der Waals surface area contributed by atoms with Gasteiger partial charge in [-0.3, -0.25) is 9.09 Å². The summed E-state index contributed by atoms with van der Waals surface area (Å²) in [5.74, 6) is 1.38. The van der Waals surface area contributed by atoms with E-state index in [1.165, 1.54) is 0 Å². The Morgan fingerprint density at radius 3 is 1.09 bits per heavy atom. The predicted octanol–water partition coefficient (Wildman–Crippen LogP) is 20.5. The van der Waals surface area contributed by atoms with E-state index in [2.05, 4.69) is 27.7 Å². The summed E-state index contributed by atoms with van der Waals surface area (Å²) in [6.45, 7) is 21.7. The third-order valence-corrected chi connectivity index (χ3v) is 19.5. The minimum Gasteiger partial charge on any atom is -0.442 e. The SMILES string of the molecule is C.C.C.CC.CC.CCCCC1(CC)CP1(=O)Oc1ccccc1.CCCC[P+](=O)c1ccccc1.CCCC[P+](C)=O.C[P+](=O)c1ccccc1.C[P+](=O)c1ccccc1.O=[P+](Oc1ccccc1)c1ccccc1. The Hall–Kier alpha value is -4.35. The number of hydrogen-bond acceptors (Lipinski definition) is 8. The molecule has 0 amide bonds. The Morgan fingerprint density at radius 2 is 0.776 bits per heavy atom. The molecule has 76 heavy (non-hydrogen) atoms. The second kappa shape index (κ2) is 49.0. The van der Waals surface area contributed by atoms with Gasteiger partial charge in [-0.2, -0.15) is 0 Å². The van der Waals surface area contributed by atoms with Crippen LogP contribution in [-0.2, 0) is 27.4 Å². The summed E-state index contributed by atoms with van der Waals surface area (Å²) < 4.78 is 79.0. The second-order valence-electron chi connectivity index (χ2n) is 16.1. The second-order valence-corrected chi connectivity index (χ2v) is 26.5. The highest BCUT2D eigenvalue weighted by Gasteiger charge is 2.65. The van der Waals surface area contributed by atoms with E-state index < -0.39 is 46.6 Å². The first-order valence-corrected chi connectivity index (χ1v) is 35.4. The van der Waals surface area contributed by atoms with Crippen molar-refractivity contribution in [1.82, 2.24) is 0 Å². The Labute approximate surface area is 467 Å². The van der Waals surface area contributed by atoms with E-state index in [-0.39, 0.29) is 27.4 Å². The van der Waals surface area contributed by atoms with E-state index in [0.29, 0.717) is 11.1 Å². The van der Waals surface area contributed by atoms with Crippen molar-refractivity contribution in [2.75, 3.05) is 38.5 Å². The number of rotatable bonds is 18. The van der Waals surface area contributed by atoms with Crippen LogP contribution in [-0.4, -0.2) is 43.6 Å². The molecular formula is C62H97O8P6+5. The van der Waals surface area contributed by atoms with Crippen molar-refractivity contribution in [2.45, 2.75) is 134 Å². The Balaban J connectivity index is -0.000000410. The van der Waals surface area contributed by atoms with Crippen molar-refractivity contribution < 1.29 is 36.4 Å². The summed E-state index contributed by atoms with van der Waals surface area (Å²) in [5.41, 5.74) is 0. The van der Waals surface area contributed by atoms with Crippen molar-refractivity contribution in [3.8, 4) is 11.5 Å². The molecule has 7 unspecified atom stereocenters. The average molecular weight is 1160 g/mol. The highest BCUT2D eigenvalue weighted by atomic mass is 31.2. The van der Waals surface area contributed by atoms with Gasteiger partial charge in [-0.15, -0.1) is 0 Å². The number of hydrogen-bond donors (Lipinski definition) is 0. The summed E-state index contributed by atoms with van der Waals surface area (Å²) in [5, 5.41) is 3.52. The third kappa shape index (κ3) is 34.4. The lowest BCUT2D eigenvalue weighted by Crippen LogP contribution is -2.08. The lowest BCUT2D eigenvalue weighted by atomic mass is 10.0. The fourth-order valence-electron chi connectivity index (χ4n) is 6.28. The molecule has 0 saturated carbocycles. The summed E-state index contributed by atoms with van der Waals surface area (Å²) in [6.07, 6.45) is 11.3. The van der Waals surface area contributed by atoms with Crippen LogP contribution in [0.2, 0.25) is 0 Å². The number of para-hydroxylation sites is 2. The van der Waals surface area contributed by atoms with Gasteiger partial charge in [-0.05, 0) is 103 Å². The van der Waals surface area contributed by atoms with Gasteiger partial charge >= 0.3 is 39.2 Å². The van der Waals surface area contributed by atoms with Crippen molar-refractivity contribution in [3.63, 3.8) is 0 Å². The smallest absolute Gasteiger partial charge is 0.442 e. The van der Waals surface area contributed by atoms with Crippen LogP contribution in [0.1, 0.15) is 129 Å². The Morgan fingerprint density at radius 1 is 0.447 bits per heavy atom. The van der Waals surface area contributed by atoms with Gasteiger partial charge in [0.05, 0.1) is 11.3 Å². The first kappa shape index (κ1) is 78.1. The highest BCUT2D eigenvalue weighted by Crippen LogP contribution is 2.78. The first-order chi connectivity index (χ1) is 35.2. The molecule has 0 radical (unpaired) electrons. The highest BCUT2D eigenvalue weighted by molar-refractivity contribution is 7.69. The molecule has 1 aliphatic heterocycles. The Kier molecular flexibility index (Phi) is 50.4. The summed E-state index contributed by atoms with van der Waals surface area (Å²) in [7, 11) is -8.49. The maximum Gasteiger partial charge on any atom is 0.597 e. The van der Waals surface area contributed by atoms with Crippen molar-refractivity contribution in [2.24, 2.45) is 0 Å². The van der Waals surface area contributed by atoms with Crippen LogP contribution in [0.3, 0.4) is 0 Å². The maximum atomic E-state index is 12.7. The van der Waals surface area contributed by atoms with Crippen molar-refractivity contribution in [3.05, 3.63) is 182 Å². The zero-order chi connectivity index (χ0) is 54.8. The van der Waals surface area contributed by atoms with Gasteiger partial charge in [-0.25, -0.2) is 0 Å². The standard InChI is InChI=1S/C14H21O2P.C12H10O2P.C10H14OP.2C7H8OP.C5H12OP.2C2H6.3CH4/c1-3-5-11-14(4-2)12-17(14,15)16-13-9-7-6-8-10-13;13-15(12-9-5-2-6-10-12)14-11-7-3-1-4-8-11;1-2-3-9-12(11)10-7-5-4-6-8-10;2*1-9(8)7-5-3-2-4-6-7;1-3-4-5-7(2)6;2*1-2;;;/h6-10H,3-5,11-12H2,1-2H3;1-10H;4-8H,2-3,9H2,1H3;2*2-6H,1H3;3-5H2,1-2H3;2*1-2H3;3*1H4/q;5*+1;;;;;. The van der Waals surface area contributed by atoms with E-state index >= 15 is 0 Å². The van der Waals surface area contributed by atoms with Gasteiger partial charge in [0.2, 0.25) is 5.30 Å². The molecule has 6 aromatic rings. The molecular weight excluding hydrogens is 1060 g/mol. The summed E-state index contributed by atoms with van der Waals surface area (Å²) in [4.78, 5) is 0. The molecule has 0 aliphatic carbocycles. The molecule has 1 fully saturated rings. The number of unbranched alkanes of at least 4 members (excludes halogenated alkanes) is 3. The lowest BCUT2D eigenvalue weighted by Gasteiger charge is -2.14. The topological polar surface area (TPSA) is 121 Å². The number of benzene rings is 6. The summed E-state index contributed by atoms with van der Waals surface area (Å²) in [6, 6.07) is 56.5. The van der Waals surface area contributed by atoms with Crippen LogP contribution in [0.5, 0.6) is 11.5 Å². The van der Waals surface area contributed by atoms with E-state index in [1.54, 1.807) is 44.3 Å². The minimum absolute atomic E-state index is 0. The van der Waals surface area contributed by atoms with E-state index in [4.69, 9.17) is 9.05 Å². The van der Waals surface area contributed by atoms with Crippen LogP contribution in [0.25, 0.3) is 0 Å². The van der Waals surface area contributed by atoms with Crippen molar-refractivity contribution >= 4 is 67.8 Å². The van der Waals surface area contributed by atoms with Gasteiger partial charge in [0.1, 0.15) is 31.9 Å². The molecule has 14 heteroatoms. The van der Waals surface area contributed by atoms with Crippen LogP contribution in [0.4, 0.5) is 0 Å². The molecule has 418 valence electrons. The first-order valence-electron chi connectivity index (χ1n) is 25.6. The van der Waals surface area contributed by atoms with Crippen LogP contribution >= 0.6 is 46.6 Å². The monoisotopic (exact) mass is 1160 g/mol. The largest absolute Gasteiger partial charge is 0.597 e. The molecule has 7 atom stereocenters. The zero-order valence-electron chi connectivity index (χ0n) is 45.5. The van der Waals surface area contributed by atoms with Gasteiger partial charge in [0, 0.05) is 0 Å². The molecule has 0 spiro atoms. The predicted molar refractivity (Wildman–Crippen MR) is 342 cm³/mol. The van der Waals surface area contributed by atoms with Crippen LogP contribution in [0, 0.1) is 0 Å². The van der Waals surface area contributed by atoms with Crippen LogP contribution in [0.15, 0.2) is 182 Å². The third-order valence-electron chi connectivity index (χ3n) is 10.5. The van der Waals surface area contributed by atoms with Gasteiger partial charge < -0.3 is 4.52 Å². The summed E-state index contributed by atoms with van der Waals surface area (Å²) >= 11 is 0. The Bertz CT molecular complexity index is 2360. The quantitative estimate of drug-likeness (QED) is 0.0780. The van der Waals surface area contributed by atoms with Crippen molar-refractivity contribution in [1.29, 1.82) is 0 Å². The molecule has 0 N–H and O–H groups in total. The molecule has 0 aromatic heterocycles. The fraction of sp³-hybridized carbons (Fsp3) is 0.419. The van der Waals surface area contributed by atoms with Gasteiger partial charge in [0.15, 0.2) is 27.8 Å². The fourth-order valence-corrected chi connectivity index (χ4v) is 13.6. The van der Waals surface area contributed by atoms with Crippen LogP contribution < -0.4 is 30.3 Å². The van der Waals surface area contributed by atoms with Gasteiger partial charge in [0.25, 0.3) is 7.37 Å². The molecule has 0 bridgehead atoms. The molecule has 8 nitrogen and oxygen atoms in total. The average Bonchev–Trinajstić information content (AvgIpc) is 4.04. The molecule has 1 aliphatic rings. The van der Waals surface area contributed by atoms with Gasteiger partial charge in [-0.1, -0.05) is 231 Å². The lowest BCUT2D eigenvalue weighted by molar-refractivity contribution is 0.478. The van der Waals surface area contributed by atoms with E-state index in [9.17, 15) is 27.4 Å². The molecule has 1 saturated heterocycles.